The van der Waals surface area contributed by atoms with E-state index in [9.17, 15) is 0 Å². The first-order valence-corrected chi connectivity index (χ1v) is 6.39. The number of nitrogens with one attached hydrogen (secondary N) is 1. The second-order valence-electron chi connectivity index (χ2n) is 3.03. The third-order valence-corrected chi connectivity index (χ3v) is 3.39. The fourth-order valence-electron chi connectivity index (χ4n) is 1.19. The number of rotatable bonds is 5. The summed E-state index contributed by atoms with van der Waals surface area (Å²) in [4.78, 5) is 8.38. The van der Waals surface area contributed by atoms with Crippen LogP contribution in [0.4, 0.5) is 5.13 Å². The largest absolute Gasteiger partial charge is 0.375 e. The Kier molecular flexibility index (Phi) is 3.65. The normalized spacial score (nSPS) is 10.7. The van der Waals surface area contributed by atoms with E-state index in [1.807, 2.05) is 17.0 Å². The highest BCUT2D eigenvalue weighted by atomic mass is 32.1. The van der Waals surface area contributed by atoms with Crippen LogP contribution in [0.15, 0.2) is 17.0 Å². The Labute approximate surface area is 96.2 Å². The molecule has 0 amide bonds. The van der Waals surface area contributed by atoms with Crippen molar-refractivity contribution in [2.45, 2.75) is 13.0 Å². The monoisotopic (exact) mass is 240 g/mol. The zero-order valence-electron chi connectivity index (χ0n) is 8.14. The Hall–Kier alpha value is -0.980. The molecule has 0 aromatic carbocycles. The van der Waals surface area contributed by atoms with Crippen LogP contribution in [0.25, 0.3) is 0 Å². The fourth-order valence-corrected chi connectivity index (χ4v) is 2.37. The molecule has 15 heavy (non-hydrogen) atoms. The zero-order chi connectivity index (χ0) is 10.5. The molecule has 0 saturated carbocycles. The number of thiazole rings is 2. The van der Waals surface area contributed by atoms with E-state index in [0.717, 1.165) is 30.2 Å². The van der Waals surface area contributed by atoms with E-state index in [2.05, 4.69) is 15.3 Å². The van der Waals surface area contributed by atoms with Crippen molar-refractivity contribution in [1.82, 2.24) is 15.3 Å². The predicted molar refractivity (Wildman–Crippen MR) is 64.1 cm³/mol. The molecule has 6 heteroatoms. The Morgan fingerprint density at radius 1 is 1.40 bits per heavy atom. The van der Waals surface area contributed by atoms with Gasteiger partial charge in [-0.25, -0.2) is 9.97 Å². The van der Waals surface area contributed by atoms with Crippen LogP contribution < -0.4 is 11.1 Å². The highest BCUT2D eigenvalue weighted by Gasteiger charge is 1.99. The summed E-state index contributed by atoms with van der Waals surface area (Å²) in [5, 5.41) is 9.06. The minimum atomic E-state index is 0.643. The first kappa shape index (κ1) is 10.5. The quantitative estimate of drug-likeness (QED) is 0.778. The fraction of sp³-hybridized carbons (Fsp3) is 0.333. The standard InChI is InChI=1S/C9H12N4S2/c10-9-13-7(6-15-9)1-2-11-5-8-12-3-4-14-8/h3-4,6,11H,1-2,5H2,(H2,10,13). The van der Waals surface area contributed by atoms with Gasteiger partial charge in [-0.15, -0.1) is 22.7 Å². The molecular formula is C9H12N4S2. The number of hydrogen-bond donors (Lipinski definition) is 2. The second-order valence-corrected chi connectivity index (χ2v) is 4.90. The number of aromatic nitrogens is 2. The molecule has 80 valence electrons. The number of nitrogens with zero attached hydrogens (tertiary/aromatic N) is 2. The molecule has 2 aromatic heterocycles. The maximum Gasteiger partial charge on any atom is 0.180 e. The molecule has 0 saturated heterocycles. The lowest BCUT2D eigenvalue weighted by molar-refractivity contribution is 0.679. The molecule has 2 aromatic rings. The summed E-state index contributed by atoms with van der Waals surface area (Å²) in [6.07, 6.45) is 2.74. The summed E-state index contributed by atoms with van der Waals surface area (Å²) in [5.74, 6) is 0. The summed E-state index contributed by atoms with van der Waals surface area (Å²) in [6.45, 7) is 1.74. The van der Waals surface area contributed by atoms with E-state index < -0.39 is 0 Å². The van der Waals surface area contributed by atoms with E-state index in [4.69, 9.17) is 5.73 Å². The molecule has 0 atom stereocenters. The molecule has 0 spiro atoms. The minimum Gasteiger partial charge on any atom is -0.375 e. The third-order valence-electron chi connectivity index (χ3n) is 1.89. The van der Waals surface area contributed by atoms with Crippen LogP contribution >= 0.6 is 22.7 Å². The van der Waals surface area contributed by atoms with Gasteiger partial charge in [0.15, 0.2) is 5.13 Å². The van der Waals surface area contributed by atoms with Crippen LogP contribution in [-0.2, 0) is 13.0 Å². The topological polar surface area (TPSA) is 63.8 Å². The van der Waals surface area contributed by atoms with Gasteiger partial charge in [0.25, 0.3) is 0 Å². The lowest BCUT2D eigenvalue weighted by Crippen LogP contribution is -2.16. The van der Waals surface area contributed by atoms with Crippen LogP contribution in [0, 0.1) is 0 Å². The molecule has 0 unspecified atom stereocenters. The van der Waals surface area contributed by atoms with Crippen LogP contribution in [0.3, 0.4) is 0 Å². The average Bonchev–Trinajstić information content (AvgIpc) is 2.84. The van der Waals surface area contributed by atoms with Crippen LogP contribution in [0.1, 0.15) is 10.7 Å². The third kappa shape index (κ3) is 3.26. The molecule has 0 bridgehead atoms. The van der Waals surface area contributed by atoms with Crippen LogP contribution in [0.2, 0.25) is 0 Å². The molecule has 2 rings (SSSR count). The molecule has 3 N–H and O–H groups in total. The van der Waals surface area contributed by atoms with E-state index in [1.165, 1.54) is 11.3 Å². The van der Waals surface area contributed by atoms with Crippen molar-refractivity contribution in [3.63, 3.8) is 0 Å². The Morgan fingerprint density at radius 2 is 2.33 bits per heavy atom. The van der Waals surface area contributed by atoms with E-state index >= 15 is 0 Å². The first-order valence-electron chi connectivity index (χ1n) is 4.63. The molecule has 0 fully saturated rings. The Bertz CT molecular complexity index is 396. The predicted octanol–water partition coefficient (Wildman–Crippen LogP) is 1.51. The lowest BCUT2D eigenvalue weighted by atomic mass is 10.3. The summed E-state index contributed by atoms with van der Waals surface area (Å²) in [7, 11) is 0. The highest BCUT2D eigenvalue weighted by Crippen LogP contribution is 2.11. The van der Waals surface area contributed by atoms with Crippen molar-refractivity contribution in [2.75, 3.05) is 12.3 Å². The van der Waals surface area contributed by atoms with E-state index in [0.29, 0.717) is 5.13 Å². The molecule has 0 aliphatic carbocycles. The van der Waals surface area contributed by atoms with Gasteiger partial charge in [0, 0.05) is 36.5 Å². The lowest BCUT2D eigenvalue weighted by Gasteiger charge is -1.99. The Balaban J connectivity index is 1.67. The maximum absolute atomic E-state index is 5.54. The molecule has 0 aliphatic rings. The molecule has 4 nitrogen and oxygen atoms in total. The highest BCUT2D eigenvalue weighted by molar-refractivity contribution is 7.13. The maximum atomic E-state index is 5.54. The number of nitrogens with two attached hydrogens (primary N) is 1. The minimum absolute atomic E-state index is 0.643. The summed E-state index contributed by atoms with van der Waals surface area (Å²) < 4.78 is 0. The molecular weight excluding hydrogens is 228 g/mol. The number of hydrogen-bond acceptors (Lipinski definition) is 6. The van der Waals surface area contributed by atoms with Gasteiger partial charge in [-0.2, -0.15) is 0 Å². The summed E-state index contributed by atoms with van der Waals surface area (Å²) in [6, 6.07) is 0. The van der Waals surface area contributed by atoms with Gasteiger partial charge >= 0.3 is 0 Å². The smallest absolute Gasteiger partial charge is 0.180 e. The van der Waals surface area contributed by atoms with Gasteiger partial charge in [0.2, 0.25) is 0 Å². The van der Waals surface area contributed by atoms with Gasteiger partial charge in [0.05, 0.1) is 5.69 Å². The van der Waals surface area contributed by atoms with Gasteiger partial charge < -0.3 is 11.1 Å². The second kappa shape index (κ2) is 5.20. The summed E-state index contributed by atoms with van der Waals surface area (Å²) in [5.41, 5.74) is 6.60. The van der Waals surface area contributed by atoms with Gasteiger partial charge in [0.1, 0.15) is 5.01 Å². The van der Waals surface area contributed by atoms with Crippen LogP contribution in [0.5, 0.6) is 0 Å². The van der Waals surface area contributed by atoms with E-state index in [-0.39, 0.29) is 0 Å². The molecule has 0 radical (unpaired) electrons. The molecule has 0 aliphatic heterocycles. The van der Waals surface area contributed by atoms with Crippen molar-refractivity contribution in [1.29, 1.82) is 0 Å². The number of nitrogen functional groups attached to an aromatic ring is 1. The van der Waals surface area contributed by atoms with Crippen molar-refractivity contribution >= 4 is 27.8 Å². The van der Waals surface area contributed by atoms with Gasteiger partial charge in [-0.05, 0) is 0 Å². The van der Waals surface area contributed by atoms with E-state index in [1.54, 1.807) is 11.3 Å². The Morgan fingerprint density at radius 3 is 3.00 bits per heavy atom. The summed E-state index contributed by atoms with van der Waals surface area (Å²) >= 11 is 3.15. The van der Waals surface area contributed by atoms with Gasteiger partial charge in [-0.1, -0.05) is 0 Å². The SMILES string of the molecule is Nc1nc(CCNCc2nccs2)cs1. The average molecular weight is 240 g/mol. The van der Waals surface area contributed by atoms with Crippen LogP contribution in [-0.4, -0.2) is 16.5 Å². The number of anilines is 1. The van der Waals surface area contributed by atoms with Crippen molar-refractivity contribution in [2.24, 2.45) is 0 Å². The van der Waals surface area contributed by atoms with Crippen molar-refractivity contribution < 1.29 is 0 Å². The van der Waals surface area contributed by atoms with Crippen molar-refractivity contribution in [3.05, 3.63) is 27.7 Å². The zero-order valence-corrected chi connectivity index (χ0v) is 9.77. The molecule has 2 heterocycles. The van der Waals surface area contributed by atoms with Crippen molar-refractivity contribution in [3.8, 4) is 0 Å². The first-order chi connectivity index (χ1) is 7.34. The van der Waals surface area contributed by atoms with Gasteiger partial charge in [-0.3, -0.25) is 0 Å².